The zero-order valence-electron chi connectivity index (χ0n) is 11.8. The lowest BCUT2D eigenvalue weighted by Crippen LogP contribution is -2.52. The van der Waals surface area contributed by atoms with Crippen molar-refractivity contribution in [2.24, 2.45) is 17.6 Å². The monoisotopic (exact) mass is 272 g/mol. The maximum Gasteiger partial charge on any atom is 0.311 e. The van der Waals surface area contributed by atoms with Crippen molar-refractivity contribution in [3.63, 3.8) is 0 Å². The number of ether oxygens (including phenoxy) is 1. The maximum absolute atomic E-state index is 12.3. The fourth-order valence-corrected chi connectivity index (χ4v) is 2.46. The Morgan fingerprint density at radius 2 is 2.05 bits per heavy atom. The van der Waals surface area contributed by atoms with Crippen LogP contribution in [-0.4, -0.2) is 53.7 Å². The van der Waals surface area contributed by atoms with Gasteiger partial charge in [0.25, 0.3) is 0 Å². The van der Waals surface area contributed by atoms with Crippen LogP contribution < -0.4 is 5.73 Å². The third-order valence-corrected chi connectivity index (χ3v) is 3.43. The number of nitrogens with zero attached hydrogens (tertiary/aromatic N) is 1. The van der Waals surface area contributed by atoms with Gasteiger partial charge in [-0.2, -0.15) is 0 Å². The molecule has 1 fully saturated rings. The summed E-state index contributed by atoms with van der Waals surface area (Å²) in [5.41, 5.74) is 5.90. The highest BCUT2D eigenvalue weighted by atomic mass is 16.5. The number of aliphatic carboxylic acids is 1. The molecule has 0 aromatic rings. The van der Waals surface area contributed by atoms with Crippen molar-refractivity contribution in [1.82, 2.24) is 4.90 Å². The number of carbonyl (C=O) groups is 2. The molecule has 19 heavy (non-hydrogen) atoms. The lowest BCUT2D eigenvalue weighted by Gasteiger charge is -2.31. The van der Waals surface area contributed by atoms with Crippen molar-refractivity contribution in [3.05, 3.63) is 0 Å². The molecule has 6 nitrogen and oxygen atoms in total. The second-order valence-corrected chi connectivity index (χ2v) is 5.41. The van der Waals surface area contributed by atoms with Gasteiger partial charge in [-0.25, -0.2) is 0 Å². The van der Waals surface area contributed by atoms with Gasteiger partial charge in [0, 0.05) is 6.54 Å². The third kappa shape index (κ3) is 3.91. The van der Waals surface area contributed by atoms with Crippen LogP contribution in [0.1, 0.15) is 27.2 Å². The Morgan fingerprint density at radius 1 is 1.42 bits per heavy atom. The van der Waals surface area contributed by atoms with Crippen molar-refractivity contribution in [2.45, 2.75) is 39.3 Å². The van der Waals surface area contributed by atoms with E-state index in [9.17, 15) is 9.59 Å². The summed E-state index contributed by atoms with van der Waals surface area (Å²) in [5, 5.41) is 9.14. The first-order chi connectivity index (χ1) is 8.88. The second-order valence-electron chi connectivity index (χ2n) is 5.41. The summed E-state index contributed by atoms with van der Waals surface area (Å²) < 4.78 is 5.21. The van der Waals surface area contributed by atoms with E-state index in [1.165, 1.54) is 0 Å². The van der Waals surface area contributed by atoms with E-state index >= 15 is 0 Å². The van der Waals surface area contributed by atoms with Crippen LogP contribution in [0.4, 0.5) is 0 Å². The van der Waals surface area contributed by atoms with E-state index in [2.05, 4.69) is 0 Å². The Kier molecular flexibility index (Phi) is 5.75. The van der Waals surface area contributed by atoms with E-state index in [1.54, 1.807) is 4.90 Å². The van der Waals surface area contributed by atoms with Crippen molar-refractivity contribution in [3.8, 4) is 0 Å². The van der Waals surface area contributed by atoms with Crippen molar-refractivity contribution in [1.29, 1.82) is 0 Å². The van der Waals surface area contributed by atoms with Gasteiger partial charge in [-0.15, -0.1) is 0 Å². The quantitative estimate of drug-likeness (QED) is 0.726. The van der Waals surface area contributed by atoms with Gasteiger partial charge < -0.3 is 20.5 Å². The molecule has 1 aliphatic rings. The minimum absolute atomic E-state index is 0.156. The molecule has 0 saturated carbocycles. The van der Waals surface area contributed by atoms with Crippen LogP contribution >= 0.6 is 0 Å². The zero-order chi connectivity index (χ0) is 14.6. The van der Waals surface area contributed by atoms with Crippen LogP contribution in [-0.2, 0) is 14.3 Å². The Hall–Kier alpha value is -1.14. The predicted molar refractivity (Wildman–Crippen MR) is 70.6 cm³/mol. The van der Waals surface area contributed by atoms with E-state index in [0.717, 1.165) is 0 Å². The number of nitrogens with two attached hydrogens (primary N) is 1. The first kappa shape index (κ1) is 15.9. The van der Waals surface area contributed by atoms with Crippen LogP contribution in [0.3, 0.4) is 0 Å². The highest BCUT2D eigenvalue weighted by Crippen LogP contribution is 2.21. The summed E-state index contributed by atoms with van der Waals surface area (Å²) >= 11 is 0. The molecule has 1 amide bonds. The predicted octanol–water partition coefficient (Wildman–Crippen LogP) is 0.308. The first-order valence-corrected chi connectivity index (χ1v) is 6.75. The molecular formula is C13H24N2O4. The highest BCUT2D eigenvalue weighted by molar-refractivity contribution is 5.83. The molecule has 110 valence electrons. The molecule has 6 heteroatoms. The molecule has 0 aliphatic carbocycles. The van der Waals surface area contributed by atoms with Gasteiger partial charge in [0.2, 0.25) is 5.91 Å². The largest absolute Gasteiger partial charge is 0.481 e. The molecule has 0 bridgehead atoms. The number of carbonyl (C=O) groups excluding carboxylic acids is 1. The summed E-state index contributed by atoms with van der Waals surface area (Å²) in [7, 11) is 0. The standard InChI is InChI=1S/C13H24N2O4/c1-4-15(12(16)10(14)5-8(2)3)11-7-19-6-9(11)13(17)18/h8-11H,4-7,14H2,1-3H3,(H,17,18)/t9?,10-,11?/m1/s1. The second kappa shape index (κ2) is 6.86. The minimum atomic E-state index is -0.925. The van der Waals surface area contributed by atoms with Crippen LogP contribution in [0, 0.1) is 11.8 Å². The third-order valence-electron chi connectivity index (χ3n) is 3.43. The van der Waals surface area contributed by atoms with Gasteiger partial charge in [-0.3, -0.25) is 9.59 Å². The molecule has 0 aromatic heterocycles. The molecule has 1 saturated heterocycles. The molecule has 1 rings (SSSR count). The van der Waals surface area contributed by atoms with Gasteiger partial charge >= 0.3 is 5.97 Å². The Morgan fingerprint density at radius 3 is 2.53 bits per heavy atom. The fourth-order valence-electron chi connectivity index (χ4n) is 2.46. The number of carboxylic acid groups (broad SMARTS) is 1. The number of carboxylic acids is 1. The molecule has 1 heterocycles. The number of likely N-dealkylation sites (N-methyl/N-ethyl adjacent to an activating group) is 1. The smallest absolute Gasteiger partial charge is 0.311 e. The van der Waals surface area contributed by atoms with Crippen molar-refractivity contribution in [2.75, 3.05) is 19.8 Å². The van der Waals surface area contributed by atoms with Crippen LogP contribution in [0.15, 0.2) is 0 Å². The molecule has 0 radical (unpaired) electrons. The first-order valence-electron chi connectivity index (χ1n) is 6.75. The van der Waals surface area contributed by atoms with Gasteiger partial charge in [0.1, 0.15) is 5.92 Å². The molecule has 2 unspecified atom stereocenters. The van der Waals surface area contributed by atoms with Crippen LogP contribution in [0.5, 0.6) is 0 Å². The number of hydrogen-bond donors (Lipinski definition) is 2. The van der Waals surface area contributed by atoms with E-state index in [0.29, 0.717) is 18.9 Å². The van der Waals surface area contributed by atoms with E-state index < -0.39 is 24.0 Å². The topological polar surface area (TPSA) is 92.9 Å². The lowest BCUT2D eigenvalue weighted by molar-refractivity contribution is -0.145. The van der Waals surface area contributed by atoms with Gasteiger partial charge in [-0.05, 0) is 19.3 Å². The SMILES string of the molecule is CCN(C(=O)[C@H](N)CC(C)C)C1COCC1C(=O)O. The van der Waals surface area contributed by atoms with Gasteiger partial charge in [-0.1, -0.05) is 13.8 Å². The lowest BCUT2D eigenvalue weighted by atomic mass is 9.99. The summed E-state index contributed by atoms with van der Waals surface area (Å²) in [4.78, 5) is 25.0. The number of hydrogen-bond acceptors (Lipinski definition) is 4. The Labute approximate surface area is 113 Å². The zero-order valence-corrected chi connectivity index (χ0v) is 11.8. The van der Waals surface area contributed by atoms with Crippen LogP contribution in [0.25, 0.3) is 0 Å². The highest BCUT2D eigenvalue weighted by Gasteiger charge is 2.40. The fraction of sp³-hybridized carbons (Fsp3) is 0.846. The molecule has 0 spiro atoms. The van der Waals surface area contributed by atoms with E-state index in [-0.39, 0.29) is 19.1 Å². The molecule has 0 aromatic carbocycles. The average Bonchev–Trinajstić information content (AvgIpc) is 2.78. The molecule has 1 aliphatic heterocycles. The summed E-state index contributed by atoms with van der Waals surface area (Å²) in [5.74, 6) is -1.44. The Bertz CT molecular complexity index is 333. The van der Waals surface area contributed by atoms with Gasteiger partial charge in [0.05, 0.1) is 25.3 Å². The average molecular weight is 272 g/mol. The van der Waals surface area contributed by atoms with Gasteiger partial charge in [0.15, 0.2) is 0 Å². The molecule has 3 N–H and O–H groups in total. The van der Waals surface area contributed by atoms with Crippen molar-refractivity contribution >= 4 is 11.9 Å². The summed E-state index contributed by atoms with van der Waals surface area (Å²) in [6, 6.07) is -0.983. The summed E-state index contributed by atoms with van der Waals surface area (Å²) in [6.07, 6.45) is 0.598. The van der Waals surface area contributed by atoms with Crippen molar-refractivity contribution < 1.29 is 19.4 Å². The number of rotatable bonds is 6. The maximum atomic E-state index is 12.3. The van der Waals surface area contributed by atoms with Crippen LogP contribution in [0.2, 0.25) is 0 Å². The molecule has 3 atom stereocenters. The van der Waals surface area contributed by atoms with E-state index in [1.807, 2.05) is 20.8 Å². The number of amides is 1. The minimum Gasteiger partial charge on any atom is -0.481 e. The normalized spacial score (nSPS) is 24.5. The Balaban J connectivity index is 2.76. The van der Waals surface area contributed by atoms with E-state index in [4.69, 9.17) is 15.6 Å². The summed E-state index contributed by atoms with van der Waals surface area (Å²) in [6.45, 7) is 6.71. The molecular weight excluding hydrogens is 248 g/mol.